The van der Waals surface area contributed by atoms with Crippen LogP contribution in [0.2, 0.25) is 0 Å². The third-order valence-electron chi connectivity index (χ3n) is 3.49. The molecule has 0 bridgehead atoms. The highest BCUT2D eigenvalue weighted by atomic mass is 16.6. The number of methoxy groups -OCH3 is 2. The summed E-state index contributed by atoms with van der Waals surface area (Å²) < 4.78 is 12.1. The van der Waals surface area contributed by atoms with Crippen molar-refractivity contribution in [2.45, 2.75) is 13.0 Å². The molecule has 2 rings (SSSR count). The van der Waals surface area contributed by atoms with Crippen LogP contribution in [0.3, 0.4) is 0 Å². The number of rotatable bonds is 8. The van der Waals surface area contributed by atoms with Gasteiger partial charge in [0.2, 0.25) is 0 Å². The summed E-state index contributed by atoms with van der Waals surface area (Å²) >= 11 is 0. The number of hydrogen-bond donors (Lipinski definition) is 1. The van der Waals surface area contributed by atoms with E-state index in [1.165, 1.54) is 26.4 Å². The first-order valence-electron chi connectivity index (χ1n) is 7.36. The highest BCUT2D eigenvalue weighted by Gasteiger charge is 2.24. The Bertz CT molecular complexity index is 713. The molecule has 0 fully saturated rings. The standard InChI is InChI=1S/C16H19N3O5/c1-23-14-10-12(13(19(21)22)11-15(14)24-2)16(20)17-6-5-9-18-7-3-4-8-18/h3-4,7-8,10-11H,5-6,9H2,1-2H3,(H,17,20). The number of aromatic nitrogens is 1. The largest absolute Gasteiger partial charge is 0.493 e. The Balaban J connectivity index is 2.07. The fourth-order valence-corrected chi connectivity index (χ4v) is 2.28. The van der Waals surface area contributed by atoms with Crippen molar-refractivity contribution in [3.8, 4) is 11.5 Å². The van der Waals surface area contributed by atoms with Crippen LogP contribution in [-0.4, -0.2) is 36.2 Å². The van der Waals surface area contributed by atoms with Crippen LogP contribution in [0.5, 0.6) is 11.5 Å². The van der Waals surface area contributed by atoms with Gasteiger partial charge in [0, 0.05) is 31.5 Å². The fraction of sp³-hybridized carbons (Fsp3) is 0.312. The second-order valence-electron chi connectivity index (χ2n) is 5.01. The number of amides is 1. The quantitative estimate of drug-likeness (QED) is 0.454. The van der Waals surface area contributed by atoms with Crippen LogP contribution in [0.25, 0.3) is 0 Å². The number of nitro benzene ring substituents is 1. The van der Waals surface area contributed by atoms with Gasteiger partial charge in [-0.05, 0) is 18.6 Å². The van der Waals surface area contributed by atoms with Crippen molar-refractivity contribution in [2.24, 2.45) is 0 Å². The summed E-state index contributed by atoms with van der Waals surface area (Å²) in [6.07, 6.45) is 4.57. The Kier molecular flexibility index (Phi) is 5.78. The molecule has 1 heterocycles. The molecule has 0 atom stereocenters. The number of nitrogens with zero attached hydrogens (tertiary/aromatic N) is 2. The fourth-order valence-electron chi connectivity index (χ4n) is 2.28. The molecule has 128 valence electrons. The minimum atomic E-state index is -0.614. The van der Waals surface area contributed by atoms with Crippen LogP contribution in [0, 0.1) is 10.1 Å². The molecule has 2 aromatic rings. The number of nitrogens with one attached hydrogen (secondary N) is 1. The zero-order valence-corrected chi connectivity index (χ0v) is 13.5. The van der Waals surface area contributed by atoms with Gasteiger partial charge in [0.1, 0.15) is 5.56 Å². The number of benzene rings is 1. The van der Waals surface area contributed by atoms with Gasteiger partial charge in [0.05, 0.1) is 25.2 Å². The van der Waals surface area contributed by atoms with Gasteiger partial charge in [0.25, 0.3) is 11.6 Å². The SMILES string of the molecule is COc1cc(C(=O)NCCCn2cccc2)c([N+](=O)[O-])cc1OC. The third-order valence-corrected chi connectivity index (χ3v) is 3.49. The van der Waals surface area contributed by atoms with Crippen LogP contribution < -0.4 is 14.8 Å². The van der Waals surface area contributed by atoms with E-state index in [1.807, 2.05) is 29.1 Å². The summed E-state index contributed by atoms with van der Waals surface area (Å²) in [4.78, 5) is 22.9. The molecule has 1 N–H and O–H groups in total. The van der Waals surface area contributed by atoms with Crippen molar-refractivity contribution in [2.75, 3.05) is 20.8 Å². The normalized spacial score (nSPS) is 10.2. The Morgan fingerprint density at radius 2 is 1.83 bits per heavy atom. The second-order valence-corrected chi connectivity index (χ2v) is 5.01. The number of carbonyl (C=O) groups excluding carboxylic acids is 1. The number of hydrogen-bond acceptors (Lipinski definition) is 5. The molecule has 0 aliphatic carbocycles. The lowest BCUT2D eigenvalue weighted by atomic mass is 10.1. The first kappa shape index (κ1) is 17.3. The van der Waals surface area contributed by atoms with E-state index in [-0.39, 0.29) is 22.7 Å². The zero-order valence-electron chi connectivity index (χ0n) is 13.5. The van der Waals surface area contributed by atoms with Crippen LogP contribution in [0.15, 0.2) is 36.7 Å². The number of aryl methyl sites for hydroxylation is 1. The molecule has 0 spiro atoms. The Labute approximate surface area is 139 Å². The van der Waals surface area contributed by atoms with Crippen LogP contribution in [-0.2, 0) is 6.54 Å². The predicted octanol–water partition coefficient (Wildman–Crippen LogP) is 2.23. The van der Waals surface area contributed by atoms with E-state index >= 15 is 0 Å². The van der Waals surface area contributed by atoms with Crippen molar-refractivity contribution in [3.05, 3.63) is 52.3 Å². The molecule has 1 amide bonds. The van der Waals surface area contributed by atoms with Crippen molar-refractivity contribution in [3.63, 3.8) is 0 Å². The maximum atomic E-state index is 12.3. The molecule has 24 heavy (non-hydrogen) atoms. The van der Waals surface area contributed by atoms with Crippen LogP contribution in [0.4, 0.5) is 5.69 Å². The lowest BCUT2D eigenvalue weighted by Gasteiger charge is -2.11. The Morgan fingerprint density at radius 1 is 1.21 bits per heavy atom. The van der Waals surface area contributed by atoms with Gasteiger partial charge in [-0.1, -0.05) is 0 Å². The van der Waals surface area contributed by atoms with Gasteiger partial charge in [-0.15, -0.1) is 0 Å². The molecule has 1 aromatic carbocycles. The second kappa shape index (κ2) is 8.00. The smallest absolute Gasteiger partial charge is 0.286 e. The first-order chi connectivity index (χ1) is 11.6. The highest BCUT2D eigenvalue weighted by molar-refractivity contribution is 5.99. The average molecular weight is 333 g/mol. The lowest BCUT2D eigenvalue weighted by molar-refractivity contribution is -0.385. The van der Waals surface area contributed by atoms with Gasteiger partial charge in [-0.3, -0.25) is 14.9 Å². The molecule has 8 heteroatoms. The number of ether oxygens (including phenoxy) is 2. The van der Waals surface area contributed by atoms with E-state index < -0.39 is 10.8 Å². The summed E-state index contributed by atoms with van der Waals surface area (Å²) in [5, 5.41) is 13.9. The van der Waals surface area contributed by atoms with Gasteiger partial charge < -0.3 is 19.4 Å². The third kappa shape index (κ3) is 4.03. The maximum absolute atomic E-state index is 12.3. The van der Waals surface area contributed by atoms with Crippen molar-refractivity contribution in [1.82, 2.24) is 9.88 Å². The molecule has 0 saturated heterocycles. The van der Waals surface area contributed by atoms with Crippen molar-refractivity contribution < 1.29 is 19.2 Å². The van der Waals surface area contributed by atoms with Crippen molar-refractivity contribution >= 4 is 11.6 Å². The zero-order chi connectivity index (χ0) is 17.5. The predicted molar refractivity (Wildman–Crippen MR) is 87.6 cm³/mol. The van der Waals surface area contributed by atoms with E-state index in [1.54, 1.807) is 0 Å². The average Bonchev–Trinajstić information content (AvgIpc) is 3.10. The van der Waals surface area contributed by atoms with E-state index in [0.717, 1.165) is 6.54 Å². The van der Waals surface area contributed by atoms with Gasteiger partial charge in [-0.25, -0.2) is 0 Å². The molecule has 1 aromatic heterocycles. The van der Waals surface area contributed by atoms with Crippen LogP contribution in [0.1, 0.15) is 16.8 Å². The molecule has 0 saturated carbocycles. The minimum absolute atomic E-state index is 0.0568. The summed E-state index contributed by atoms with van der Waals surface area (Å²) in [7, 11) is 2.78. The number of carbonyl (C=O) groups is 1. The topological polar surface area (TPSA) is 95.6 Å². The minimum Gasteiger partial charge on any atom is -0.493 e. The van der Waals surface area contributed by atoms with Gasteiger partial charge >= 0.3 is 0 Å². The molecular formula is C16H19N3O5. The molecular weight excluding hydrogens is 314 g/mol. The Morgan fingerprint density at radius 3 is 2.42 bits per heavy atom. The maximum Gasteiger partial charge on any atom is 0.286 e. The molecule has 0 unspecified atom stereocenters. The van der Waals surface area contributed by atoms with E-state index in [9.17, 15) is 14.9 Å². The molecule has 0 aliphatic rings. The summed E-state index contributed by atoms with van der Waals surface area (Å²) in [5.74, 6) is -0.0518. The highest BCUT2D eigenvalue weighted by Crippen LogP contribution is 2.34. The van der Waals surface area contributed by atoms with E-state index in [4.69, 9.17) is 9.47 Å². The molecule has 8 nitrogen and oxygen atoms in total. The van der Waals surface area contributed by atoms with E-state index in [2.05, 4.69) is 5.32 Å². The lowest BCUT2D eigenvalue weighted by Crippen LogP contribution is -2.26. The summed E-state index contributed by atoms with van der Waals surface area (Å²) in [5.41, 5.74) is -0.380. The number of nitro groups is 1. The monoisotopic (exact) mass is 333 g/mol. The molecule has 0 radical (unpaired) electrons. The van der Waals surface area contributed by atoms with Crippen LogP contribution >= 0.6 is 0 Å². The summed E-state index contributed by atoms with van der Waals surface area (Å²) in [6.45, 7) is 1.16. The Hall–Kier alpha value is -3.03. The van der Waals surface area contributed by atoms with Gasteiger partial charge in [-0.2, -0.15) is 0 Å². The summed E-state index contributed by atoms with van der Waals surface area (Å²) in [6, 6.07) is 6.35. The first-order valence-corrected chi connectivity index (χ1v) is 7.36. The van der Waals surface area contributed by atoms with Crippen molar-refractivity contribution in [1.29, 1.82) is 0 Å². The van der Waals surface area contributed by atoms with Gasteiger partial charge in [0.15, 0.2) is 11.5 Å². The van der Waals surface area contributed by atoms with E-state index in [0.29, 0.717) is 13.0 Å². The molecule has 0 aliphatic heterocycles.